The molecule has 71 heavy (non-hydrogen) atoms. The van der Waals surface area contributed by atoms with Gasteiger partial charge in [0.15, 0.2) is 0 Å². The molecule has 0 N–H and O–H groups in total. The topological polar surface area (TPSA) is 28.0 Å². The van der Waals surface area contributed by atoms with E-state index in [0.717, 1.165) is 112 Å². The molecule has 10 aromatic carbocycles. The van der Waals surface area contributed by atoms with Crippen molar-refractivity contribution in [2.24, 2.45) is 10.3 Å². The van der Waals surface area contributed by atoms with Gasteiger partial charge in [-0.05, 0) is 118 Å². The summed E-state index contributed by atoms with van der Waals surface area (Å²) in [6.45, 7) is 12.6. The highest BCUT2D eigenvalue weighted by atomic mass is 28.3. The second kappa shape index (κ2) is 20.4. The second-order valence-electron chi connectivity index (χ2n) is 18.5. The fourth-order valence-electron chi connectivity index (χ4n) is 9.04. The van der Waals surface area contributed by atoms with Crippen LogP contribution in [0.15, 0.2) is 204 Å². The molecule has 0 radical (unpaired) electrons. The zero-order chi connectivity index (χ0) is 48.7. The summed E-state index contributed by atoms with van der Waals surface area (Å²) in [5, 5.41) is 20.0. The third-order valence-electron chi connectivity index (χ3n) is 12.5. The Bertz CT molecular complexity index is 3990. The van der Waals surface area contributed by atoms with Gasteiger partial charge in [0.2, 0.25) is 0 Å². The Kier molecular flexibility index (Phi) is 13.2. The van der Waals surface area contributed by atoms with E-state index >= 15 is 0 Å². The maximum Gasteiger partial charge on any atom is 0.129 e. The smallest absolute Gasteiger partial charge is 0.129 e. The van der Waals surface area contributed by atoms with Gasteiger partial charge in [-0.15, -0.1) is 10.7 Å². The van der Waals surface area contributed by atoms with Gasteiger partial charge in [0.05, 0.1) is 5.69 Å². The molecule has 0 bridgehead atoms. The van der Waals surface area contributed by atoms with Gasteiger partial charge < -0.3 is 0 Å². The van der Waals surface area contributed by atoms with Crippen LogP contribution < -0.4 is 0 Å². The molecule has 0 unspecified atom stereocenters. The van der Waals surface area contributed by atoms with Crippen LogP contribution in [-0.4, -0.2) is 26.2 Å². The summed E-state index contributed by atoms with van der Waals surface area (Å²) in [5.41, 5.74) is 15.2. The Hall–Kier alpha value is -8.90. The highest BCUT2D eigenvalue weighted by molar-refractivity contribution is 6.83. The minimum atomic E-state index is -1.67. The number of hydrogen-bond acceptors (Lipinski definition) is 2. The molecule has 338 valence electrons. The Morgan fingerprint density at radius 2 is 0.718 bits per heavy atom. The van der Waals surface area contributed by atoms with Crippen molar-refractivity contribution in [1.82, 2.24) is 5.01 Å². The molecule has 3 nitrogen and oxygen atoms in total. The van der Waals surface area contributed by atoms with Crippen LogP contribution in [0, 0.1) is 47.0 Å². The van der Waals surface area contributed by atoms with Crippen molar-refractivity contribution >= 4 is 56.9 Å². The summed E-state index contributed by atoms with van der Waals surface area (Å²) in [5.74, 6) is 25.1. The van der Waals surface area contributed by atoms with E-state index in [-0.39, 0.29) is 0 Å². The number of fused-ring (bicyclic) bond motifs is 4. The average molecular weight is 926 g/mol. The van der Waals surface area contributed by atoms with Gasteiger partial charge in [-0.25, -0.2) is 0 Å². The maximum absolute atomic E-state index is 4.50. The molecule has 0 aromatic heterocycles. The molecule has 0 aliphatic heterocycles. The fraction of sp³-hybridized carbons (Fsp3) is 0.104. The SMILES string of the molecule is CCN(CC)N=Nc1cccc(C#Cc2ccc3ccccc3c2-c2c(C#Cc3cccc(C#Cc4ccc5ccccc5c4-c4c(C#C[Si](C)(C)C)ccc5ccccc45)c3)ccc3ccccc23)c1. The quantitative estimate of drug-likeness (QED) is 0.0707. The van der Waals surface area contributed by atoms with Crippen LogP contribution >= 0.6 is 0 Å². The van der Waals surface area contributed by atoms with Crippen LogP contribution in [0.1, 0.15) is 52.8 Å². The molecule has 4 heteroatoms. The lowest BCUT2D eigenvalue weighted by Gasteiger charge is -2.15. The minimum Gasteiger partial charge on any atom is -0.279 e. The normalized spacial score (nSPS) is 11.1. The molecule has 0 saturated carbocycles. The van der Waals surface area contributed by atoms with E-state index < -0.39 is 8.07 Å². The van der Waals surface area contributed by atoms with E-state index in [4.69, 9.17) is 0 Å². The van der Waals surface area contributed by atoms with Crippen LogP contribution in [0.5, 0.6) is 0 Å². The van der Waals surface area contributed by atoms with E-state index in [1.165, 1.54) is 10.8 Å². The summed E-state index contributed by atoms with van der Waals surface area (Å²) in [6.07, 6.45) is 0. The summed E-state index contributed by atoms with van der Waals surface area (Å²) in [6, 6.07) is 67.8. The summed E-state index contributed by atoms with van der Waals surface area (Å²) in [7, 11) is -1.67. The first-order chi connectivity index (χ1) is 34.7. The van der Waals surface area contributed by atoms with Gasteiger partial charge >= 0.3 is 0 Å². The van der Waals surface area contributed by atoms with Crippen LogP contribution in [0.4, 0.5) is 5.69 Å². The van der Waals surface area contributed by atoms with Crippen LogP contribution in [0.3, 0.4) is 0 Å². The van der Waals surface area contributed by atoms with Crippen molar-refractivity contribution in [3.05, 3.63) is 233 Å². The molecule has 0 spiro atoms. The standard InChI is InChI=1S/C67H51N3Si/c1-6-70(7-2)69-68-59-25-17-20-50(47-59)32-35-57-42-38-52-22-9-13-27-61(52)65(57)64-55(40-36-51-21-8-12-26-60(51)64)33-30-48-18-16-19-49(46-48)31-34-56-41-37-53-23-10-14-28-62(53)66(56)67-58(44-45-71(3,4)5)43-39-54-24-11-15-29-63(54)67/h8-29,36-43,46-47H,6-7H2,1-5H3. The number of rotatable bonds is 6. The van der Waals surface area contributed by atoms with E-state index in [2.05, 4.69) is 255 Å². The van der Waals surface area contributed by atoms with Crippen LogP contribution in [0.25, 0.3) is 65.3 Å². The van der Waals surface area contributed by atoms with Gasteiger partial charge in [-0.2, -0.15) is 0 Å². The third-order valence-corrected chi connectivity index (χ3v) is 13.4. The predicted molar refractivity (Wildman–Crippen MR) is 302 cm³/mol. The van der Waals surface area contributed by atoms with Crippen molar-refractivity contribution in [2.75, 3.05) is 13.1 Å². The van der Waals surface area contributed by atoms with Crippen LogP contribution in [0.2, 0.25) is 19.6 Å². The van der Waals surface area contributed by atoms with Crippen LogP contribution in [-0.2, 0) is 0 Å². The van der Waals surface area contributed by atoms with E-state index in [1.807, 2.05) is 35.3 Å². The van der Waals surface area contributed by atoms with Gasteiger partial charge in [-0.1, -0.05) is 200 Å². The zero-order valence-corrected chi connectivity index (χ0v) is 41.7. The lowest BCUT2D eigenvalue weighted by atomic mass is 9.87. The fourth-order valence-corrected chi connectivity index (χ4v) is 9.55. The Morgan fingerprint density at radius 1 is 0.366 bits per heavy atom. The van der Waals surface area contributed by atoms with Gasteiger partial charge in [0.25, 0.3) is 0 Å². The molecule has 0 atom stereocenters. The molecular formula is C67H51N3Si. The molecular weight excluding hydrogens is 875 g/mol. The van der Waals surface area contributed by atoms with Crippen molar-refractivity contribution in [3.63, 3.8) is 0 Å². The first-order valence-corrected chi connectivity index (χ1v) is 27.8. The van der Waals surface area contributed by atoms with Gasteiger partial charge in [-0.3, -0.25) is 5.01 Å². The summed E-state index contributed by atoms with van der Waals surface area (Å²) < 4.78 is 0. The predicted octanol–water partition coefficient (Wildman–Crippen LogP) is 16.4. The van der Waals surface area contributed by atoms with Gasteiger partial charge in [0.1, 0.15) is 8.07 Å². The van der Waals surface area contributed by atoms with Crippen molar-refractivity contribution in [3.8, 4) is 69.2 Å². The molecule has 0 heterocycles. The highest BCUT2D eigenvalue weighted by Crippen LogP contribution is 2.41. The van der Waals surface area contributed by atoms with E-state index in [1.54, 1.807) is 0 Å². The lowest BCUT2D eigenvalue weighted by molar-refractivity contribution is 0.301. The number of benzene rings is 10. The maximum atomic E-state index is 4.50. The largest absolute Gasteiger partial charge is 0.279 e. The van der Waals surface area contributed by atoms with Crippen molar-refractivity contribution in [1.29, 1.82) is 0 Å². The Balaban J connectivity index is 1.07. The number of nitrogens with zero attached hydrogens (tertiary/aromatic N) is 3. The number of hydrogen-bond donors (Lipinski definition) is 0. The second-order valence-corrected chi connectivity index (χ2v) is 23.3. The summed E-state index contributed by atoms with van der Waals surface area (Å²) >= 11 is 0. The first kappa shape index (κ1) is 45.9. The van der Waals surface area contributed by atoms with E-state index in [0.29, 0.717) is 0 Å². The molecule has 10 aromatic rings. The summed E-state index contributed by atoms with van der Waals surface area (Å²) in [4.78, 5) is 0. The molecule has 0 aliphatic rings. The third kappa shape index (κ3) is 10.1. The van der Waals surface area contributed by atoms with Crippen molar-refractivity contribution < 1.29 is 0 Å². The molecule has 0 aliphatic carbocycles. The molecule has 0 fully saturated rings. The lowest BCUT2D eigenvalue weighted by Crippen LogP contribution is -2.16. The first-order valence-electron chi connectivity index (χ1n) is 24.3. The molecule has 0 saturated heterocycles. The van der Waals surface area contributed by atoms with Gasteiger partial charge in [0, 0.05) is 74.3 Å². The Morgan fingerprint density at radius 3 is 1.10 bits per heavy atom. The average Bonchev–Trinajstić information content (AvgIpc) is 3.40. The minimum absolute atomic E-state index is 0.764. The molecule has 0 amide bonds. The Labute approximate surface area is 418 Å². The van der Waals surface area contributed by atoms with E-state index in [9.17, 15) is 0 Å². The molecule has 10 rings (SSSR count). The monoisotopic (exact) mass is 925 g/mol. The zero-order valence-electron chi connectivity index (χ0n) is 40.7. The van der Waals surface area contributed by atoms with Crippen molar-refractivity contribution in [2.45, 2.75) is 33.5 Å². The highest BCUT2D eigenvalue weighted by Gasteiger charge is 2.18.